The van der Waals surface area contributed by atoms with E-state index in [1.54, 1.807) is 19.1 Å². The van der Waals surface area contributed by atoms with Crippen molar-refractivity contribution in [3.8, 4) is 0 Å². The Morgan fingerprint density at radius 2 is 1.90 bits per heavy atom. The third-order valence-electron chi connectivity index (χ3n) is 3.35. The lowest BCUT2D eigenvalue weighted by atomic mass is 10.1. The lowest BCUT2D eigenvalue weighted by Gasteiger charge is -2.27. The van der Waals surface area contributed by atoms with Crippen LogP contribution >= 0.6 is 0 Å². The molecule has 5 heteroatoms. The van der Waals surface area contributed by atoms with Gasteiger partial charge in [0.25, 0.3) is 0 Å². The summed E-state index contributed by atoms with van der Waals surface area (Å²) in [5.74, 6) is -0.670. The fraction of sp³-hybridized carbons (Fsp3) is 0.500. The number of nitrogens with zero attached hydrogens (tertiary/aromatic N) is 1. The molecule has 0 spiro atoms. The molecule has 2 amide bonds. The van der Waals surface area contributed by atoms with Crippen molar-refractivity contribution in [1.29, 1.82) is 0 Å². The van der Waals surface area contributed by atoms with Crippen molar-refractivity contribution in [3.63, 3.8) is 0 Å². The lowest BCUT2D eigenvalue weighted by molar-refractivity contribution is -0.138. The number of carbonyl (C=O) groups is 2. The van der Waals surface area contributed by atoms with Crippen LogP contribution in [0.5, 0.6) is 0 Å². The molecule has 1 rings (SSSR count). The highest BCUT2D eigenvalue weighted by Crippen LogP contribution is 2.10. The van der Waals surface area contributed by atoms with Crippen molar-refractivity contribution >= 4 is 11.8 Å². The van der Waals surface area contributed by atoms with Gasteiger partial charge in [-0.25, -0.2) is 4.39 Å². The maximum atomic E-state index is 12.9. The molecule has 21 heavy (non-hydrogen) atoms. The van der Waals surface area contributed by atoms with Gasteiger partial charge in [-0.05, 0) is 31.0 Å². The number of nitrogens with one attached hydrogen (secondary N) is 1. The number of halogens is 1. The first-order chi connectivity index (χ1) is 9.95. The van der Waals surface area contributed by atoms with Crippen molar-refractivity contribution in [2.45, 2.75) is 46.2 Å². The summed E-state index contributed by atoms with van der Waals surface area (Å²) in [4.78, 5) is 25.3. The van der Waals surface area contributed by atoms with Gasteiger partial charge in [-0.2, -0.15) is 0 Å². The molecule has 0 unspecified atom stereocenters. The molecule has 116 valence electrons. The summed E-state index contributed by atoms with van der Waals surface area (Å²) in [5.41, 5.74) is 0.791. The zero-order chi connectivity index (χ0) is 15.8. The molecule has 0 bridgehead atoms. The van der Waals surface area contributed by atoms with E-state index in [1.807, 2.05) is 6.92 Å². The number of rotatable bonds is 7. The minimum Gasteiger partial charge on any atom is -0.354 e. The van der Waals surface area contributed by atoms with Crippen LogP contribution in [0.1, 0.15) is 39.2 Å². The smallest absolute Gasteiger partial charge is 0.242 e. The molecular weight excluding hydrogens is 271 g/mol. The highest BCUT2D eigenvalue weighted by Gasteiger charge is 2.23. The Kier molecular flexibility index (Phi) is 6.85. The second-order valence-corrected chi connectivity index (χ2v) is 5.09. The number of benzene rings is 1. The summed E-state index contributed by atoms with van der Waals surface area (Å²) in [7, 11) is 0. The average molecular weight is 294 g/mol. The maximum Gasteiger partial charge on any atom is 0.242 e. The molecular formula is C16H23FN2O2. The third kappa shape index (κ3) is 5.53. The SMILES string of the molecule is CCCCNC(=O)[C@H](C)N(Cc1ccc(F)cc1)C(C)=O. The van der Waals surface area contributed by atoms with Crippen molar-refractivity contribution in [1.82, 2.24) is 10.2 Å². The normalized spacial score (nSPS) is 11.8. The Hall–Kier alpha value is -1.91. The van der Waals surface area contributed by atoms with E-state index in [1.165, 1.54) is 24.0 Å². The summed E-state index contributed by atoms with van der Waals surface area (Å²) >= 11 is 0. The minimum atomic E-state index is -0.551. The maximum absolute atomic E-state index is 12.9. The molecule has 1 aromatic rings. The molecule has 1 N–H and O–H groups in total. The molecule has 0 saturated carbocycles. The summed E-state index contributed by atoms with van der Waals surface area (Å²) in [5, 5.41) is 2.82. The zero-order valence-electron chi connectivity index (χ0n) is 12.9. The number of hydrogen-bond acceptors (Lipinski definition) is 2. The largest absolute Gasteiger partial charge is 0.354 e. The zero-order valence-corrected chi connectivity index (χ0v) is 12.9. The van der Waals surface area contributed by atoms with Crippen LogP contribution in [0.2, 0.25) is 0 Å². The molecule has 0 heterocycles. The van der Waals surface area contributed by atoms with Crippen LogP contribution in [0.3, 0.4) is 0 Å². The second kappa shape index (κ2) is 8.39. The molecule has 0 saturated heterocycles. The van der Waals surface area contributed by atoms with Crippen molar-refractivity contribution in [2.75, 3.05) is 6.54 Å². The van der Waals surface area contributed by atoms with E-state index in [2.05, 4.69) is 5.32 Å². The molecule has 0 fully saturated rings. The highest BCUT2D eigenvalue weighted by atomic mass is 19.1. The van der Waals surface area contributed by atoms with Crippen LogP contribution in [-0.2, 0) is 16.1 Å². The van der Waals surface area contributed by atoms with Crippen LogP contribution in [0, 0.1) is 5.82 Å². The quantitative estimate of drug-likeness (QED) is 0.785. The lowest BCUT2D eigenvalue weighted by Crippen LogP contribution is -2.47. The standard InChI is InChI=1S/C16H23FN2O2/c1-4-5-10-18-16(21)12(2)19(13(3)20)11-14-6-8-15(17)9-7-14/h6-9,12H,4-5,10-11H2,1-3H3,(H,18,21)/t12-/m0/s1. The monoisotopic (exact) mass is 294 g/mol. The van der Waals surface area contributed by atoms with E-state index >= 15 is 0 Å². The van der Waals surface area contributed by atoms with Crippen LogP contribution in [0.4, 0.5) is 4.39 Å². The minimum absolute atomic E-state index is 0.166. The molecule has 1 atom stereocenters. The molecule has 0 aliphatic heterocycles. The van der Waals surface area contributed by atoms with Crippen molar-refractivity contribution < 1.29 is 14.0 Å². The average Bonchev–Trinajstić information content (AvgIpc) is 2.45. The molecule has 0 aliphatic carbocycles. The van der Waals surface area contributed by atoms with E-state index in [9.17, 15) is 14.0 Å². The first-order valence-corrected chi connectivity index (χ1v) is 7.25. The Bertz CT molecular complexity index is 474. The van der Waals surface area contributed by atoms with Crippen LogP contribution in [-0.4, -0.2) is 29.3 Å². The van der Waals surface area contributed by atoms with E-state index < -0.39 is 6.04 Å². The van der Waals surface area contributed by atoms with Gasteiger partial charge in [-0.15, -0.1) is 0 Å². The number of carbonyl (C=O) groups excluding carboxylic acids is 2. The van der Waals surface area contributed by atoms with Gasteiger partial charge in [0, 0.05) is 20.0 Å². The van der Waals surface area contributed by atoms with Gasteiger partial charge in [-0.3, -0.25) is 9.59 Å². The number of unbranched alkanes of at least 4 members (excludes halogenated alkanes) is 1. The number of amides is 2. The first-order valence-electron chi connectivity index (χ1n) is 7.25. The van der Waals surface area contributed by atoms with E-state index in [-0.39, 0.29) is 24.2 Å². The second-order valence-electron chi connectivity index (χ2n) is 5.09. The Labute approximate surface area is 125 Å². The third-order valence-corrected chi connectivity index (χ3v) is 3.35. The Morgan fingerprint density at radius 1 is 1.29 bits per heavy atom. The van der Waals surface area contributed by atoms with Crippen LogP contribution < -0.4 is 5.32 Å². The molecule has 0 aromatic heterocycles. The molecule has 1 aromatic carbocycles. The summed E-state index contributed by atoms with van der Waals surface area (Å²) in [6, 6.07) is 5.38. The fourth-order valence-corrected chi connectivity index (χ4v) is 1.99. The first kappa shape index (κ1) is 17.1. The van der Waals surface area contributed by atoms with Gasteiger partial charge < -0.3 is 10.2 Å². The summed E-state index contributed by atoms with van der Waals surface area (Å²) in [6.45, 7) is 6.08. The predicted molar refractivity (Wildman–Crippen MR) is 80.0 cm³/mol. The van der Waals surface area contributed by atoms with Crippen molar-refractivity contribution in [2.24, 2.45) is 0 Å². The number of hydrogen-bond donors (Lipinski definition) is 1. The van der Waals surface area contributed by atoms with E-state index in [0.29, 0.717) is 6.54 Å². The van der Waals surface area contributed by atoms with Gasteiger partial charge in [0.2, 0.25) is 11.8 Å². The van der Waals surface area contributed by atoms with Gasteiger partial charge in [-0.1, -0.05) is 25.5 Å². The van der Waals surface area contributed by atoms with Crippen LogP contribution in [0.25, 0.3) is 0 Å². The van der Waals surface area contributed by atoms with Gasteiger partial charge >= 0.3 is 0 Å². The van der Waals surface area contributed by atoms with E-state index in [0.717, 1.165) is 18.4 Å². The van der Waals surface area contributed by atoms with E-state index in [4.69, 9.17) is 0 Å². The summed E-state index contributed by atoms with van der Waals surface area (Å²) in [6.07, 6.45) is 1.91. The summed E-state index contributed by atoms with van der Waals surface area (Å²) < 4.78 is 12.9. The van der Waals surface area contributed by atoms with Gasteiger partial charge in [0.15, 0.2) is 0 Å². The Morgan fingerprint density at radius 3 is 2.43 bits per heavy atom. The predicted octanol–water partition coefficient (Wildman–Crippen LogP) is 2.48. The fourth-order valence-electron chi connectivity index (χ4n) is 1.99. The van der Waals surface area contributed by atoms with Gasteiger partial charge in [0.05, 0.1) is 0 Å². The Balaban J connectivity index is 2.69. The van der Waals surface area contributed by atoms with Crippen molar-refractivity contribution in [3.05, 3.63) is 35.6 Å². The molecule has 0 radical (unpaired) electrons. The van der Waals surface area contributed by atoms with Crippen LogP contribution in [0.15, 0.2) is 24.3 Å². The highest BCUT2D eigenvalue weighted by molar-refractivity contribution is 5.86. The van der Waals surface area contributed by atoms with Gasteiger partial charge in [0.1, 0.15) is 11.9 Å². The molecule has 0 aliphatic rings. The topological polar surface area (TPSA) is 49.4 Å². The molecule has 4 nitrogen and oxygen atoms in total.